The van der Waals surface area contributed by atoms with Gasteiger partial charge in [-0.25, -0.2) is 9.98 Å². The second kappa shape index (κ2) is 8.02. The number of aliphatic imine (C=N–C) groups is 1. The molecule has 2 heterocycles. The van der Waals surface area contributed by atoms with E-state index in [4.69, 9.17) is 28.8 Å². The molecule has 29 heavy (non-hydrogen) atoms. The Morgan fingerprint density at radius 3 is 2.76 bits per heavy atom. The molecular weight excluding hydrogens is 408 g/mol. The van der Waals surface area contributed by atoms with E-state index in [0.717, 1.165) is 16.8 Å². The number of halogens is 1. The van der Waals surface area contributed by atoms with Crippen LogP contribution < -0.4 is 15.5 Å². The van der Waals surface area contributed by atoms with Gasteiger partial charge in [-0.1, -0.05) is 41.9 Å². The molecular formula is C20H17ClN6OS. The number of amides is 1. The fourth-order valence-corrected chi connectivity index (χ4v) is 3.45. The van der Waals surface area contributed by atoms with E-state index < -0.39 is 6.17 Å². The number of H-pyrrole nitrogens is 1. The van der Waals surface area contributed by atoms with E-state index in [1.807, 2.05) is 42.5 Å². The number of thiocarbonyl (C=S) groups is 1. The Bertz CT molecular complexity index is 1080. The zero-order valence-corrected chi connectivity index (χ0v) is 17.0. The fourth-order valence-electron chi connectivity index (χ4n) is 3.07. The molecule has 2 aromatic carbocycles. The Balaban J connectivity index is 1.75. The van der Waals surface area contributed by atoms with Crippen molar-refractivity contribution in [2.75, 3.05) is 17.3 Å². The van der Waals surface area contributed by atoms with Crippen LogP contribution in [0.25, 0.3) is 0 Å². The van der Waals surface area contributed by atoms with Gasteiger partial charge in [-0.15, -0.1) is 0 Å². The smallest absolute Gasteiger partial charge is 0.272 e. The van der Waals surface area contributed by atoms with Crippen molar-refractivity contribution in [2.45, 2.75) is 6.17 Å². The third kappa shape index (κ3) is 3.98. The summed E-state index contributed by atoms with van der Waals surface area (Å²) in [6, 6.07) is 15.0. The summed E-state index contributed by atoms with van der Waals surface area (Å²) in [5, 5.41) is 6.67. The molecule has 0 bridgehead atoms. The van der Waals surface area contributed by atoms with Gasteiger partial charge in [0.15, 0.2) is 5.11 Å². The Morgan fingerprint density at radius 2 is 2.03 bits per heavy atom. The van der Waals surface area contributed by atoms with Gasteiger partial charge in [-0.05, 0) is 30.4 Å². The van der Waals surface area contributed by atoms with Gasteiger partial charge in [0, 0.05) is 35.6 Å². The molecule has 0 saturated heterocycles. The lowest BCUT2D eigenvalue weighted by atomic mass is 10.0. The number of aromatic nitrogens is 2. The molecule has 7 nitrogen and oxygen atoms in total. The highest BCUT2D eigenvalue weighted by atomic mass is 35.5. The lowest BCUT2D eigenvalue weighted by molar-refractivity contribution is -0.119. The van der Waals surface area contributed by atoms with Crippen molar-refractivity contribution >= 4 is 52.2 Å². The van der Waals surface area contributed by atoms with Gasteiger partial charge in [-0.2, -0.15) is 0 Å². The summed E-state index contributed by atoms with van der Waals surface area (Å²) >= 11 is 11.6. The monoisotopic (exact) mass is 424 g/mol. The van der Waals surface area contributed by atoms with Gasteiger partial charge in [0.25, 0.3) is 5.91 Å². The maximum Gasteiger partial charge on any atom is 0.272 e. The van der Waals surface area contributed by atoms with Crippen LogP contribution in [0.3, 0.4) is 0 Å². The molecule has 1 unspecified atom stereocenters. The van der Waals surface area contributed by atoms with Crippen molar-refractivity contribution in [1.82, 2.24) is 15.3 Å². The third-order valence-electron chi connectivity index (χ3n) is 4.44. The number of carbonyl (C=O) groups excluding carboxylic acids is 1. The number of carbonyl (C=O) groups is 1. The standard InChI is InChI=1S/C20H17ClN6OS/c1-27-15-8-7-13(21)11-14(15)16(12-5-3-2-4-6-12)24-17(18(27)28)25-20(29)26-19-22-9-10-23-19/h2-11,17H,1H3,(H3,22,23,25,26,29). The molecule has 1 atom stereocenters. The number of aromatic amines is 1. The van der Waals surface area contributed by atoms with Crippen LogP contribution >= 0.6 is 23.8 Å². The molecule has 1 aromatic heterocycles. The quantitative estimate of drug-likeness (QED) is 0.562. The summed E-state index contributed by atoms with van der Waals surface area (Å²) in [4.78, 5) is 26.4. The van der Waals surface area contributed by atoms with Crippen LogP contribution in [0.1, 0.15) is 11.1 Å². The molecule has 0 aliphatic carbocycles. The number of fused-ring (bicyclic) bond motifs is 1. The normalized spacial score (nSPS) is 15.9. The van der Waals surface area contributed by atoms with E-state index in [2.05, 4.69) is 20.6 Å². The molecule has 9 heteroatoms. The Morgan fingerprint density at radius 1 is 1.24 bits per heavy atom. The van der Waals surface area contributed by atoms with Gasteiger partial charge in [0.2, 0.25) is 12.1 Å². The highest BCUT2D eigenvalue weighted by Crippen LogP contribution is 2.29. The number of hydrogen-bond donors (Lipinski definition) is 3. The molecule has 0 saturated carbocycles. The number of rotatable bonds is 3. The number of hydrogen-bond acceptors (Lipinski definition) is 4. The molecule has 0 spiro atoms. The van der Waals surface area contributed by atoms with E-state index in [-0.39, 0.29) is 11.0 Å². The number of imidazole rings is 1. The van der Waals surface area contributed by atoms with Crippen molar-refractivity contribution in [3.05, 3.63) is 77.1 Å². The number of likely N-dealkylation sites (N-methyl/N-ethyl adjacent to an activating group) is 1. The molecule has 3 aromatic rings. The topological polar surface area (TPSA) is 85.4 Å². The Labute approximate surface area is 177 Å². The van der Waals surface area contributed by atoms with Crippen LogP contribution in [-0.2, 0) is 4.79 Å². The van der Waals surface area contributed by atoms with Crippen molar-refractivity contribution in [1.29, 1.82) is 0 Å². The predicted octanol–water partition coefficient (Wildman–Crippen LogP) is 3.19. The van der Waals surface area contributed by atoms with E-state index in [0.29, 0.717) is 16.7 Å². The molecule has 4 rings (SSSR count). The van der Waals surface area contributed by atoms with E-state index in [1.54, 1.807) is 30.4 Å². The minimum atomic E-state index is -0.920. The summed E-state index contributed by atoms with van der Waals surface area (Å²) in [7, 11) is 1.70. The second-order valence-electron chi connectivity index (χ2n) is 6.34. The van der Waals surface area contributed by atoms with E-state index in [9.17, 15) is 4.79 Å². The first kappa shape index (κ1) is 19.1. The molecule has 1 aliphatic rings. The zero-order chi connectivity index (χ0) is 20.4. The highest BCUT2D eigenvalue weighted by Gasteiger charge is 2.30. The van der Waals surface area contributed by atoms with Crippen LogP contribution in [0.5, 0.6) is 0 Å². The summed E-state index contributed by atoms with van der Waals surface area (Å²) in [5.74, 6) is 0.224. The molecule has 0 radical (unpaired) electrons. The first-order valence-corrected chi connectivity index (χ1v) is 9.59. The molecule has 1 aliphatic heterocycles. The molecule has 146 valence electrons. The minimum absolute atomic E-state index is 0.229. The summed E-state index contributed by atoms with van der Waals surface area (Å²) < 4.78 is 0. The van der Waals surface area contributed by atoms with Crippen LogP contribution in [0.2, 0.25) is 5.02 Å². The molecule has 3 N–H and O–H groups in total. The minimum Gasteiger partial charge on any atom is -0.333 e. The largest absolute Gasteiger partial charge is 0.333 e. The van der Waals surface area contributed by atoms with Crippen molar-refractivity contribution < 1.29 is 4.79 Å². The third-order valence-corrected chi connectivity index (χ3v) is 4.90. The first-order valence-electron chi connectivity index (χ1n) is 8.80. The number of benzene rings is 2. The Hall–Kier alpha value is -3.23. The van der Waals surface area contributed by atoms with Crippen molar-refractivity contribution in [3.8, 4) is 0 Å². The van der Waals surface area contributed by atoms with Crippen LogP contribution in [0.4, 0.5) is 11.6 Å². The second-order valence-corrected chi connectivity index (χ2v) is 7.19. The average Bonchev–Trinajstić information content (AvgIpc) is 3.20. The zero-order valence-electron chi connectivity index (χ0n) is 15.4. The van der Waals surface area contributed by atoms with Crippen LogP contribution in [-0.4, -0.2) is 39.9 Å². The summed E-state index contributed by atoms with van der Waals surface area (Å²) in [6.07, 6.45) is 2.35. The maximum absolute atomic E-state index is 13.1. The summed E-state index contributed by atoms with van der Waals surface area (Å²) in [6.45, 7) is 0. The number of benzodiazepines with no additional fused rings is 1. The van der Waals surface area contributed by atoms with Crippen molar-refractivity contribution in [2.24, 2.45) is 4.99 Å². The van der Waals surface area contributed by atoms with Gasteiger partial charge in [0.05, 0.1) is 11.4 Å². The van der Waals surface area contributed by atoms with E-state index in [1.165, 1.54) is 0 Å². The van der Waals surface area contributed by atoms with Gasteiger partial charge >= 0.3 is 0 Å². The average molecular weight is 425 g/mol. The van der Waals surface area contributed by atoms with Gasteiger partial charge in [0.1, 0.15) is 0 Å². The maximum atomic E-state index is 13.1. The van der Waals surface area contributed by atoms with Crippen molar-refractivity contribution in [3.63, 3.8) is 0 Å². The first-order chi connectivity index (χ1) is 14.0. The highest BCUT2D eigenvalue weighted by molar-refractivity contribution is 7.80. The SMILES string of the molecule is CN1C(=O)C(NC(=S)Nc2ncc[nH]2)N=C(c2ccccc2)c2cc(Cl)ccc21. The summed E-state index contributed by atoms with van der Waals surface area (Å²) in [5.41, 5.74) is 3.01. The lowest BCUT2D eigenvalue weighted by Gasteiger charge is -2.21. The molecule has 1 amide bonds. The Kier molecular flexibility index (Phi) is 5.28. The van der Waals surface area contributed by atoms with Crippen LogP contribution in [0, 0.1) is 0 Å². The number of nitrogens with zero attached hydrogens (tertiary/aromatic N) is 3. The predicted molar refractivity (Wildman–Crippen MR) is 119 cm³/mol. The number of nitrogens with one attached hydrogen (secondary N) is 3. The lowest BCUT2D eigenvalue weighted by Crippen LogP contribution is -2.47. The van der Waals surface area contributed by atoms with E-state index >= 15 is 0 Å². The fraction of sp³-hybridized carbons (Fsp3) is 0.100. The van der Waals surface area contributed by atoms with Gasteiger partial charge in [-0.3, -0.25) is 4.79 Å². The molecule has 0 fully saturated rings. The van der Waals surface area contributed by atoms with Gasteiger partial charge < -0.3 is 20.5 Å². The van der Waals surface area contributed by atoms with Crippen LogP contribution in [0.15, 0.2) is 65.9 Å². The number of anilines is 2.